The Morgan fingerprint density at radius 3 is 3.11 bits per heavy atom. The smallest absolute Gasteiger partial charge is 0.0526 e. The Kier molecular flexibility index (Phi) is 3.09. The SMILES string of the molecule is Cc1cc2ccccn2c1Cc1cn[nH]c1CCN. The zero-order valence-corrected chi connectivity index (χ0v) is 11.1. The molecule has 3 N–H and O–H groups in total. The lowest BCUT2D eigenvalue weighted by molar-refractivity contribution is 0.884. The number of nitrogens with zero attached hydrogens (tertiary/aromatic N) is 2. The third kappa shape index (κ3) is 2.15. The predicted octanol–water partition coefficient (Wildman–Crippen LogP) is 2.06. The zero-order chi connectivity index (χ0) is 13.2. The van der Waals surface area contributed by atoms with Gasteiger partial charge in [0.2, 0.25) is 0 Å². The standard InChI is InChI=1S/C15H18N4/c1-11-8-13-4-2-3-7-19(13)15(11)9-12-10-17-18-14(12)5-6-16/h2-4,7-8,10H,5-6,9,16H2,1H3,(H,17,18). The molecule has 0 atom stereocenters. The van der Waals surface area contributed by atoms with Gasteiger partial charge in [-0.2, -0.15) is 5.10 Å². The number of nitrogens with one attached hydrogen (secondary N) is 1. The molecule has 0 aliphatic heterocycles. The number of rotatable bonds is 4. The fraction of sp³-hybridized carbons (Fsp3) is 0.267. The Balaban J connectivity index is 2.01. The van der Waals surface area contributed by atoms with Crippen LogP contribution in [0.4, 0.5) is 0 Å². The van der Waals surface area contributed by atoms with Crippen LogP contribution in [0.5, 0.6) is 0 Å². The van der Waals surface area contributed by atoms with Crippen molar-refractivity contribution in [2.45, 2.75) is 19.8 Å². The summed E-state index contributed by atoms with van der Waals surface area (Å²) in [5.74, 6) is 0. The molecule has 0 aliphatic rings. The summed E-state index contributed by atoms with van der Waals surface area (Å²) in [6.45, 7) is 2.80. The highest BCUT2D eigenvalue weighted by atomic mass is 15.1. The molecule has 0 radical (unpaired) electrons. The molecule has 0 aromatic carbocycles. The quantitative estimate of drug-likeness (QED) is 0.748. The largest absolute Gasteiger partial charge is 0.330 e. The maximum atomic E-state index is 5.63. The molecule has 0 saturated heterocycles. The van der Waals surface area contributed by atoms with Crippen LogP contribution in [0.1, 0.15) is 22.5 Å². The van der Waals surface area contributed by atoms with Crippen LogP contribution >= 0.6 is 0 Å². The molecule has 0 fully saturated rings. The maximum absolute atomic E-state index is 5.63. The average Bonchev–Trinajstić information content (AvgIpc) is 2.97. The van der Waals surface area contributed by atoms with Crippen molar-refractivity contribution in [2.24, 2.45) is 5.73 Å². The van der Waals surface area contributed by atoms with Crippen LogP contribution in [0.25, 0.3) is 5.52 Å². The van der Waals surface area contributed by atoms with Crippen molar-refractivity contribution in [2.75, 3.05) is 6.54 Å². The second-order valence-corrected chi connectivity index (χ2v) is 4.86. The summed E-state index contributed by atoms with van der Waals surface area (Å²) in [7, 11) is 0. The van der Waals surface area contributed by atoms with Crippen LogP contribution in [0.15, 0.2) is 36.7 Å². The summed E-state index contributed by atoms with van der Waals surface area (Å²) in [6, 6.07) is 8.48. The van der Waals surface area contributed by atoms with Crippen molar-refractivity contribution < 1.29 is 0 Å². The molecular weight excluding hydrogens is 236 g/mol. The van der Waals surface area contributed by atoms with Gasteiger partial charge in [0.05, 0.1) is 6.20 Å². The van der Waals surface area contributed by atoms with Gasteiger partial charge in [0.1, 0.15) is 0 Å². The number of aromatic nitrogens is 3. The maximum Gasteiger partial charge on any atom is 0.0526 e. The first-order valence-electron chi connectivity index (χ1n) is 6.56. The second-order valence-electron chi connectivity index (χ2n) is 4.86. The second kappa shape index (κ2) is 4.90. The lowest BCUT2D eigenvalue weighted by Crippen LogP contribution is -2.06. The molecule has 0 amide bonds. The first kappa shape index (κ1) is 12.0. The summed E-state index contributed by atoms with van der Waals surface area (Å²) in [5.41, 5.74) is 11.9. The summed E-state index contributed by atoms with van der Waals surface area (Å²) in [6.07, 6.45) is 5.75. The van der Waals surface area contributed by atoms with Crippen LogP contribution in [-0.2, 0) is 12.8 Å². The third-order valence-corrected chi connectivity index (χ3v) is 3.56. The highest BCUT2D eigenvalue weighted by Crippen LogP contribution is 2.20. The van der Waals surface area contributed by atoms with Gasteiger partial charge in [-0.15, -0.1) is 0 Å². The summed E-state index contributed by atoms with van der Waals surface area (Å²) in [5, 5.41) is 7.19. The van der Waals surface area contributed by atoms with Crippen molar-refractivity contribution in [3.05, 3.63) is 59.2 Å². The van der Waals surface area contributed by atoms with Gasteiger partial charge in [-0.25, -0.2) is 0 Å². The minimum Gasteiger partial charge on any atom is -0.330 e. The summed E-state index contributed by atoms with van der Waals surface area (Å²) < 4.78 is 2.24. The van der Waals surface area contributed by atoms with E-state index < -0.39 is 0 Å². The summed E-state index contributed by atoms with van der Waals surface area (Å²) >= 11 is 0. The zero-order valence-electron chi connectivity index (χ0n) is 11.1. The molecule has 0 aliphatic carbocycles. The molecule has 3 aromatic heterocycles. The van der Waals surface area contributed by atoms with Gasteiger partial charge in [-0.1, -0.05) is 6.07 Å². The number of hydrogen-bond acceptors (Lipinski definition) is 2. The number of hydrogen-bond donors (Lipinski definition) is 2. The van der Waals surface area contributed by atoms with Gasteiger partial charge in [0.15, 0.2) is 0 Å². The Morgan fingerprint density at radius 2 is 2.26 bits per heavy atom. The van der Waals surface area contributed by atoms with E-state index in [9.17, 15) is 0 Å². The highest BCUT2D eigenvalue weighted by Gasteiger charge is 2.11. The van der Waals surface area contributed by atoms with Gasteiger partial charge in [-0.05, 0) is 42.8 Å². The molecule has 0 bridgehead atoms. The normalized spacial score (nSPS) is 11.3. The Morgan fingerprint density at radius 1 is 1.37 bits per heavy atom. The van der Waals surface area contributed by atoms with Crippen LogP contribution in [0.2, 0.25) is 0 Å². The Hall–Kier alpha value is -2.07. The molecule has 3 heterocycles. The fourth-order valence-electron chi connectivity index (χ4n) is 2.57. The van der Waals surface area contributed by atoms with Gasteiger partial charge in [0, 0.05) is 35.9 Å². The van der Waals surface area contributed by atoms with E-state index in [1.54, 1.807) is 0 Å². The Labute approximate surface area is 112 Å². The number of aromatic amines is 1. The molecule has 0 spiro atoms. The molecule has 3 aromatic rings. The van der Waals surface area contributed by atoms with E-state index in [4.69, 9.17) is 5.73 Å². The monoisotopic (exact) mass is 254 g/mol. The van der Waals surface area contributed by atoms with Crippen LogP contribution < -0.4 is 5.73 Å². The number of H-pyrrole nitrogens is 1. The lowest BCUT2D eigenvalue weighted by Gasteiger charge is -2.05. The molecule has 0 unspecified atom stereocenters. The van der Waals surface area contributed by atoms with E-state index >= 15 is 0 Å². The van der Waals surface area contributed by atoms with Crippen molar-refractivity contribution in [3.63, 3.8) is 0 Å². The van der Waals surface area contributed by atoms with Crippen molar-refractivity contribution in [3.8, 4) is 0 Å². The van der Waals surface area contributed by atoms with Gasteiger partial charge >= 0.3 is 0 Å². The van der Waals surface area contributed by atoms with E-state index in [2.05, 4.69) is 52.0 Å². The minimum atomic E-state index is 0.642. The van der Waals surface area contributed by atoms with E-state index in [1.165, 1.54) is 22.3 Å². The number of nitrogens with two attached hydrogens (primary N) is 1. The first-order valence-corrected chi connectivity index (χ1v) is 6.56. The number of aryl methyl sites for hydroxylation is 1. The topological polar surface area (TPSA) is 59.1 Å². The molecule has 3 rings (SSSR count). The van der Waals surface area contributed by atoms with Crippen molar-refractivity contribution >= 4 is 5.52 Å². The highest BCUT2D eigenvalue weighted by molar-refractivity contribution is 5.53. The predicted molar refractivity (Wildman–Crippen MR) is 76.3 cm³/mol. The van der Waals surface area contributed by atoms with Crippen LogP contribution in [0, 0.1) is 6.92 Å². The molecule has 0 saturated carbocycles. The van der Waals surface area contributed by atoms with E-state index in [0.29, 0.717) is 6.54 Å². The Bertz CT molecular complexity index is 693. The van der Waals surface area contributed by atoms with Gasteiger partial charge in [0.25, 0.3) is 0 Å². The number of pyridine rings is 1. The molecule has 4 nitrogen and oxygen atoms in total. The van der Waals surface area contributed by atoms with E-state index in [1.807, 2.05) is 6.20 Å². The van der Waals surface area contributed by atoms with E-state index in [-0.39, 0.29) is 0 Å². The fourth-order valence-corrected chi connectivity index (χ4v) is 2.57. The molecule has 19 heavy (non-hydrogen) atoms. The number of fused-ring (bicyclic) bond motifs is 1. The molecule has 4 heteroatoms. The van der Waals surface area contributed by atoms with Crippen LogP contribution in [0.3, 0.4) is 0 Å². The summed E-state index contributed by atoms with van der Waals surface area (Å²) in [4.78, 5) is 0. The van der Waals surface area contributed by atoms with E-state index in [0.717, 1.165) is 18.5 Å². The van der Waals surface area contributed by atoms with Crippen molar-refractivity contribution in [1.29, 1.82) is 0 Å². The molecule has 98 valence electrons. The van der Waals surface area contributed by atoms with Gasteiger partial charge < -0.3 is 10.1 Å². The van der Waals surface area contributed by atoms with Crippen LogP contribution in [-0.4, -0.2) is 21.1 Å². The third-order valence-electron chi connectivity index (χ3n) is 3.56. The minimum absolute atomic E-state index is 0.642. The average molecular weight is 254 g/mol. The lowest BCUT2D eigenvalue weighted by atomic mass is 10.1. The first-order chi connectivity index (χ1) is 9.29. The molecular formula is C15H18N4. The van der Waals surface area contributed by atoms with Crippen molar-refractivity contribution in [1.82, 2.24) is 14.6 Å². The van der Waals surface area contributed by atoms with Gasteiger partial charge in [-0.3, -0.25) is 5.10 Å².